The van der Waals surface area contributed by atoms with E-state index in [0.717, 1.165) is 7.05 Å². The van der Waals surface area contributed by atoms with E-state index < -0.39 is 23.1 Å². The van der Waals surface area contributed by atoms with Gasteiger partial charge in [-0.15, -0.1) is 0 Å². The van der Waals surface area contributed by atoms with Crippen molar-refractivity contribution in [1.29, 1.82) is 0 Å². The number of alkyl halides is 3. The Labute approximate surface area is 110 Å². The Kier molecular flexibility index (Phi) is 3.16. The fraction of sp³-hybridized carbons (Fsp3) is 0.167. The zero-order valence-electron chi connectivity index (χ0n) is 10.2. The van der Waals surface area contributed by atoms with Gasteiger partial charge in [-0.1, -0.05) is 0 Å². The van der Waals surface area contributed by atoms with E-state index in [-0.39, 0.29) is 11.4 Å². The molecule has 0 fully saturated rings. The summed E-state index contributed by atoms with van der Waals surface area (Å²) >= 11 is 0. The van der Waals surface area contributed by atoms with Crippen molar-refractivity contribution in [3.63, 3.8) is 0 Å². The molecular formula is C12H9F3N2O3. The molecule has 0 saturated heterocycles. The van der Waals surface area contributed by atoms with Gasteiger partial charge in [-0.3, -0.25) is 9.36 Å². The molecule has 1 heterocycles. The van der Waals surface area contributed by atoms with Crippen molar-refractivity contribution in [3.05, 3.63) is 56.9 Å². The number of aromatic hydroxyl groups is 1. The van der Waals surface area contributed by atoms with Crippen LogP contribution in [0.1, 0.15) is 5.69 Å². The molecular weight excluding hydrogens is 277 g/mol. The Bertz CT molecular complexity index is 757. The second kappa shape index (κ2) is 4.55. The zero-order chi connectivity index (χ0) is 15.1. The van der Waals surface area contributed by atoms with Crippen LogP contribution in [0.25, 0.3) is 5.69 Å². The SMILES string of the molecule is Cn1c(C(F)(F)F)cc(=O)n(-c2ccc(O)cc2)c1=O. The zero-order valence-corrected chi connectivity index (χ0v) is 10.2. The minimum atomic E-state index is -4.79. The number of rotatable bonds is 1. The van der Waals surface area contributed by atoms with Crippen molar-refractivity contribution in [3.8, 4) is 11.4 Å². The van der Waals surface area contributed by atoms with Crippen molar-refractivity contribution in [2.45, 2.75) is 6.18 Å². The van der Waals surface area contributed by atoms with Gasteiger partial charge in [-0.05, 0) is 24.3 Å². The van der Waals surface area contributed by atoms with Crippen molar-refractivity contribution in [2.24, 2.45) is 7.05 Å². The first-order chi connectivity index (χ1) is 9.21. The summed E-state index contributed by atoms with van der Waals surface area (Å²) in [5.41, 5.74) is -3.45. The van der Waals surface area contributed by atoms with E-state index in [9.17, 15) is 22.8 Å². The maximum Gasteiger partial charge on any atom is 0.431 e. The number of benzene rings is 1. The third-order valence-corrected chi connectivity index (χ3v) is 2.72. The summed E-state index contributed by atoms with van der Waals surface area (Å²) < 4.78 is 38.9. The molecule has 1 aromatic heterocycles. The van der Waals surface area contributed by atoms with E-state index in [1.807, 2.05) is 0 Å². The largest absolute Gasteiger partial charge is 0.508 e. The highest BCUT2D eigenvalue weighted by Gasteiger charge is 2.35. The van der Waals surface area contributed by atoms with E-state index >= 15 is 0 Å². The fourth-order valence-corrected chi connectivity index (χ4v) is 1.74. The molecule has 0 saturated carbocycles. The molecule has 8 heteroatoms. The molecule has 1 aromatic carbocycles. The third kappa shape index (κ3) is 2.31. The number of hydrogen-bond donors (Lipinski definition) is 1. The van der Waals surface area contributed by atoms with Crippen LogP contribution in [0, 0.1) is 0 Å². The maximum absolute atomic E-state index is 12.7. The van der Waals surface area contributed by atoms with Gasteiger partial charge < -0.3 is 5.11 Å². The topological polar surface area (TPSA) is 64.2 Å². The van der Waals surface area contributed by atoms with E-state index in [4.69, 9.17) is 5.11 Å². The predicted molar refractivity (Wildman–Crippen MR) is 63.9 cm³/mol. The summed E-state index contributed by atoms with van der Waals surface area (Å²) in [5, 5.41) is 9.13. The fourth-order valence-electron chi connectivity index (χ4n) is 1.74. The van der Waals surface area contributed by atoms with Crippen LogP contribution >= 0.6 is 0 Å². The van der Waals surface area contributed by atoms with Gasteiger partial charge in [-0.2, -0.15) is 13.2 Å². The quantitative estimate of drug-likeness (QED) is 0.858. The average molecular weight is 286 g/mol. The summed E-state index contributed by atoms with van der Waals surface area (Å²) in [5.74, 6) is -0.0921. The highest BCUT2D eigenvalue weighted by molar-refractivity contribution is 5.36. The smallest absolute Gasteiger partial charge is 0.431 e. The lowest BCUT2D eigenvalue weighted by Gasteiger charge is -2.13. The third-order valence-electron chi connectivity index (χ3n) is 2.72. The van der Waals surface area contributed by atoms with Crippen LogP contribution in [0.3, 0.4) is 0 Å². The van der Waals surface area contributed by atoms with Gasteiger partial charge in [0.15, 0.2) is 0 Å². The number of halogens is 3. The van der Waals surface area contributed by atoms with E-state index in [1.54, 1.807) is 0 Å². The van der Waals surface area contributed by atoms with Gasteiger partial charge in [-0.25, -0.2) is 9.36 Å². The first kappa shape index (κ1) is 13.9. The monoisotopic (exact) mass is 286 g/mol. The van der Waals surface area contributed by atoms with Gasteiger partial charge >= 0.3 is 11.9 Å². The van der Waals surface area contributed by atoms with Crippen LogP contribution in [0.5, 0.6) is 5.75 Å². The number of phenols is 1. The molecule has 0 amide bonds. The van der Waals surface area contributed by atoms with E-state index in [0.29, 0.717) is 15.2 Å². The number of phenolic OH excluding ortho intramolecular Hbond substituents is 1. The van der Waals surface area contributed by atoms with Crippen LogP contribution in [0.15, 0.2) is 39.9 Å². The van der Waals surface area contributed by atoms with Gasteiger partial charge in [0.25, 0.3) is 5.56 Å². The molecule has 0 unspecified atom stereocenters. The first-order valence-corrected chi connectivity index (χ1v) is 5.41. The maximum atomic E-state index is 12.7. The molecule has 2 aromatic rings. The lowest BCUT2D eigenvalue weighted by atomic mass is 10.3. The summed E-state index contributed by atoms with van der Waals surface area (Å²) in [6, 6.07) is 5.31. The first-order valence-electron chi connectivity index (χ1n) is 5.41. The van der Waals surface area contributed by atoms with Gasteiger partial charge in [0.05, 0.1) is 5.69 Å². The van der Waals surface area contributed by atoms with Crippen molar-refractivity contribution >= 4 is 0 Å². The molecule has 2 rings (SSSR count). The number of nitrogens with zero attached hydrogens (tertiary/aromatic N) is 2. The normalized spacial score (nSPS) is 11.6. The van der Waals surface area contributed by atoms with Gasteiger partial charge in [0.2, 0.25) is 0 Å². The summed E-state index contributed by atoms with van der Waals surface area (Å²) in [6.07, 6.45) is -4.79. The van der Waals surface area contributed by atoms with Crippen molar-refractivity contribution < 1.29 is 18.3 Å². The molecule has 0 aliphatic carbocycles. The Morgan fingerprint density at radius 2 is 1.65 bits per heavy atom. The van der Waals surface area contributed by atoms with Crippen molar-refractivity contribution in [1.82, 2.24) is 9.13 Å². The minimum absolute atomic E-state index is 0.0714. The highest BCUT2D eigenvalue weighted by atomic mass is 19.4. The highest BCUT2D eigenvalue weighted by Crippen LogP contribution is 2.26. The van der Waals surface area contributed by atoms with Gasteiger partial charge in [0.1, 0.15) is 11.4 Å². The van der Waals surface area contributed by atoms with Crippen LogP contribution in [0.2, 0.25) is 0 Å². The summed E-state index contributed by atoms with van der Waals surface area (Å²) in [6.45, 7) is 0. The van der Waals surface area contributed by atoms with Gasteiger partial charge in [0, 0.05) is 13.1 Å². The molecule has 106 valence electrons. The molecule has 1 N–H and O–H groups in total. The molecule has 0 bridgehead atoms. The summed E-state index contributed by atoms with van der Waals surface area (Å²) in [7, 11) is 0.932. The molecule has 5 nitrogen and oxygen atoms in total. The minimum Gasteiger partial charge on any atom is -0.508 e. The Hall–Kier alpha value is -2.51. The van der Waals surface area contributed by atoms with E-state index in [1.165, 1.54) is 24.3 Å². The lowest BCUT2D eigenvalue weighted by Crippen LogP contribution is -2.40. The molecule has 0 atom stereocenters. The van der Waals surface area contributed by atoms with Crippen LogP contribution in [0.4, 0.5) is 13.2 Å². The molecule has 0 aliphatic rings. The Morgan fingerprint density at radius 3 is 2.15 bits per heavy atom. The molecule has 0 radical (unpaired) electrons. The number of aromatic nitrogens is 2. The molecule has 20 heavy (non-hydrogen) atoms. The second-order valence-corrected chi connectivity index (χ2v) is 4.06. The van der Waals surface area contributed by atoms with Crippen molar-refractivity contribution in [2.75, 3.05) is 0 Å². The Morgan fingerprint density at radius 1 is 1.10 bits per heavy atom. The summed E-state index contributed by atoms with van der Waals surface area (Å²) in [4.78, 5) is 23.6. The van der Waals surface area contributed by atoms with Crippen LogP contribution < -0.4 is 11.2 Å². The molecule has 0 aliphatic heterocycles. The standard InChI is InChI=1S/C12H9F3N2O3/c1-16-9(12(13,14)15)6-10(19)17(11(16)20)7-2-4-8(18)5-3-7/h2-6,18H,1H3. The predicted octanol–water partition coefficient (Wildman–Crippen LogP) is 1.26. The average Bonchev–Trinajstić information content (AvgIpc) is 2.35. The Balaban J connectivity index is 2.75. The lowest BCUT2D eigenvalue weighted by molar-refractivity contribution is -0.144. The van der Waals surface area contributed by atoms with Crippen LogP contribution in [-0.4, -0.2) is 14.2 Å². The molecule has 0 spiro atoms. The number of hydrogen-bond acceptors (Lipinski definition) is 3. The van der Waals surface area contributed by atoms with E-state index in [2.05, 4.69) is 0 Å². The van der Waals surface area contributed by atoms with Crippen LogP contribution in [-0.2, 0) is 13.2 Å². The second-order valence-electron chi connectivity index (χ2n) is 4.06.